The highest BCUT2D eigenvalue weighted by Gasteiger charge is 2.49. The third-order valence-electron chi connectivity index (χ3n) is 7.80. The first kappa shape index (κ1) is 31.4. The van der Waals surface area contributed by atoms with E-state index in [2.05, 4.69) is 15.0 Å². The smallest absolute Gasteiger partial charge is 0.355 e. The molecular formula is C29H30Cl2N4O6S2. The minimum absolute atomic E-state index is 0.0520. The molecule has 1 fully saturated rings. The molecule has 3 aromatic rings. The molecule has 0 saturated heterocycles. The van der Waals surface area contributed by atoms with Crippen LogP contribution in [0.5, 0.6) is 0 Å². The fourth-order valence-corrected chi connectivity index (χ4v) is 8.17. The summed E-state index contributed by atoms with van der Waals surface area (Å²) in [6, 6.07) is 9.88. The Bertz CT molecular complexity index is 1660. The average Bonchev–Trinajstić information content (AvgIpc) is 3.42. The molecule has 1 aliphatic carbocycles. The molecule has 3 N–H and O–H groups in total. The van der Waals surface area contributed by atoms with Gasteiger partial charge in [0.1, 0.15) is 0 Å². The molecule has 2 aliphatic rings. The number of hydrogen-bond donors (Lipinski definition) is 3. The van der Waals surface area contributed by atoms with Crippen molar-refractivity contribution in [3.63, 3.8) is 0 Å². The Hall–Kier alpha value is -3.03. The first-order chi connectivity index (χ1) is 20.4. The van der Waals surface area contributed by atoms with E-state index in [4.69, 9.17) is 23.2 Å². The van der Waals surface area contributed by atoms with E-state index in [1.807, 2.05) is 0 Å². The van der Waals surface area contributed by atoms with Crippen LogP contribution < -0.4 is 10.0 Å². The lowest BCUT2D eigenvalue weighted by Gasteiger charge is -2.49. The van der Waals surface area contributed by atoms with Crippen LogP contribution in [0.3, 0.4) is 0 Å². The summed E-state index contributed by atoms with van der Waals surface area (Å²) in [4.78, 5) is 45.4. The van der Waals surface area contributed by atoms with E-state index in [9.17, 15) is 27.9 Å². The number of carbonyl (C=O) groups is 3. The Labute approximate surface area is 263 Å². The molecule has 2 amide bonds. The predicted octanol–water partition coefficient (Wildman–Crippen LogP) is 4.65. The van der Waals surface area contributed by atoms with Gasteiger partial charge in [0.2, 0.25) is 15.9 Å². The molecule has 43 heavy (non-hydrogen) atoms. The van der Waals surface area contributed by atoms with Gasteiger partial charge in [0.05, 0.1) is 23.2 Å². The van der Waals surface area contributed by atoms with Crippen molar-refractivity contribution in [2.24, 2.45) is 0 Å². The lowest BCUT2D eigenvalue weighted by atomic mass is 9.76. The van der Waals surface area contributed by atoms with Crippen molar-refractivity contribution >= 4 is 62.3 Å². The van der Waals surface area contributed by atoms with Crippen LogP contribution >= 0.6 is 34.5 Å². The van der Waals surface area contributed by atoms with E-state index in [1.54, 1.807) is 47.4 Å². The van der Waals surface area contributed by atoms with Crippen LogP contribution in [-0.2, 0) is 21.2 Å². The Morgan fingerprint density at radius 3 is 2.56 bits per heavy atom. The number of carboxylic acids is 1. The molecule has 2 aromatic carbocycles. The van der Waals surface area contributed by atoms with E-state index in [1.165, 1.54) is 16.7 Å². The lowest BCUT2D eigenvalue weighted by Crippen LogP contribution is -2.59. The highest BCUT2D eigenvalue weighted by atomic mass is 35.5. The second kappa shape index (κ2) is 12.9. The summed E-state index contributed by atoms with van der Waals surface area (Å²) in [6.07, 6.45) is 4.05. The van der Waals surface area contributed by atoms with Crippen LogP contribution in [0, 0.1) is 0 Å². The number of carboxylic acid groups (broad SMARTS) is 1. The third kappa shape index (κ3) is 6.88. The molecule has 0 unspecified atom stereocenters. The van der Waals surface area contributed by atoms with Gasteiger partial charge < -0.3 is 15.3 Å². The molecule has 1 aliphatic heterocycles. The Morgan fingerprint density at radius 1 is 1.12 bits per heavy atom. The molecule has 4 atom stereocenters. The quantitative estimate of drug-likeness (QED) is 0.302. The zero-order chi connectivity index (χ0) is 30.9. The Balaban J connectivity index is 1.57. The third-order valence-corrected chi connectivity index (χ3v) is 10.0. The number of nitrogens with one attached hydrogen (secondary N) is 2. The Kier molecular flexibility index (Phi) is 9.43. The number of hydrogen-bond acceptors (Lipinski definition) is 7. The molecule has 0 spiro atoms. The molecule has 2 heterocycles. The summed E-state index contributed by atoms with van der Waals surface area (Å²) in [6.45, 7) is 0.181. The summed E-state index contributed by atoms with van der Waals surface area (Å²) in [5.74, 6) is -2.69. The minimum Gasteiger partial charge on any atom is -0.476 e. The summed E-state index contributed by atoms with van der Waals surface area (Å²) in [5.41, 5.74) is 1.36. The van der Waals surface area contributed by atoms with Gasteiger partial charge in [-0.25, -0.2) is 22.9 Å². The van der Waals surface area contributed by atoms with E-state index in [0.29, 0.717) is 46.0 Å². The van der Waals surface area contributed by atoms with E-state index in [-0.39, 0.29) is 29.1 Å². The maximum absolute atomic E-state index is 14.3. The zero-order valence-electron chi connectivity index (χ0n) is 23.1. The van der Waals surface area contributed by atoms with Crippen molar-refractivity contribution < 1.29 is 27.9 Å². The minimum atomic E-state index is -3.59. The predicted molar refractivity (Wildman–Crippen MR) is 164 cm³/mol. The summed E-state index contributed by atoms with van der Waals surface area (Å²) in [5, 5.41) is 14.8. The molecule has 1 aromatic heterocycles. The number of nitrogens with zero attached hydrogens (tertiary/aromatic N) is 2. The number of amides is 2. The fraction of sp³-hybridized carbons (Fsp3) is 0.379. The number of sulfonamides is 1. The first-order valence-electron chi connectivity index (χ1n) is 13.7. The van der Waals surface area contributed by atoms with Crippen LogP contribution in [0.1, 0.15) is 74.6 Å². The van der Waals surface area contributed by atoms with Crippen molar-refractivity contribution in [2.75, 3.05) is 12.8 Å². The molecule has 14 heteroatoms. The van der Waals surface area contributed by atoms with Gasteiger partial charge >= 0.3 is 5.97 Å². The second-order valence-electron chi connectivity index (χ2n) is 10.7. The normalized spacial score (nSPS) is 22.2. The number of rotatable bonds is 9. The number of thiazole rings is 1. The van der Waals surface area contributed by atoms with Gasteiger partial charge in [-0.1, -0.05) is 60.3 Å². The van der Waals surface area contributed by atoms with E-state index < -0.39 is 40.0 Å². The summed E-state index contributed by atoms with van der Waals surface area (Å²) >= 11 is 14.2. The van der Waals surface area contributed by atoms with Crippen molar-refractivity contribution in [3.05, 3.63) is 85.3 Å². The number of fused-ring (bicyclic) bond motifs is 1. The molecular weight excluding hydrogens is 635 g/mol. The largest absolute Gasteiger partial charge is 0.476 e. The monoisotopic (exact) mass is 664 g/mol. The molecule has 10 nitrogen and oxygen atoms in total. The van der Waals surface area contributed by atoms with Gasteiger partial charge in [-0.3, -0.25) is 9.59 Å². The average molecular weight is 666 g/mol. The van der Waals surface area contributed by atoms with Crippen molar-refractivity contribution in [3.8, 4) is 0 Å². The van der Waals surface area contributed by atoms with Gasteiger partial charge in [0.15, 0.2) is 5.69 Å². The summed E-state index contributed by atoms with van der Waals surface area (Å²) < 4.78 is 27.4. The molecule has 5 rings (SSSR count). The lowest BCUT2D eigenvalue weighted by molar-refractivity contribution is -0.124. The number of carbonyl (C=O) groups excluding carboxylic acids is 2. The number of benzene rings is 2. The zero-order valence-corrected chi connectivity index (χ0v) is 26.3. The van der Waals surface area contributed by atoms with Gasteiger partial charge in [0, 0.05) is 46.0 Å². The van der Waals surface area contributed by atoms with E-state index >= 15 is 0 Å². The molecule has 0 radical (unpaired) electrons. The molecule has 228 valence electrons. The number of halogens is 2. The first-order valence-corrected chi connectivity index (χ1v) is 17.3. The summed E-state index contributed by atoms with van der Waals surface area (Å²) in [7, 11) is -3.59. The van der Waals surface area contributed by atoms with E-state index in [0.717, 1.165) is 19.1 Å². The highest BCUT2D eigenvalue weighted by molar-refractivity contribution is 7.88. The maximum Gasteiger partial charge on any atom is 0.355 e. The SMILES string of the molecule is CS(=O)(=O)N[C@H]1CCCC[C@@H]1N1C(=O)c2ccccc2[C@@H](C(=O)NCCc2nc(C(=O)O)cs2)[C@@H]1c1ccc(Cl)cc1Cl. The topological polar surface area (TPSA) is 146 Å². The highest BCUT2D eigenvalue weighted by Crippen LogP contribution is 2.47. The van der Waals surface area contributed by atoms with Crippen LogP contribution in [0.4, 0.5) is 0 Å². The standard InChI is InChI=1S/C29H30Cl2N4O6S2/c1-43(40,41)34-21-8-4-5-9-23(21)35-26(19-11-10-16(30)14-20(19)31)25(17-6-2-3-7-18(17)28(35)37)27(36)32-13-12-24-33-22(15-42-24)29(38)39/h2-3,6-7,10-11,14-15,21,23,25-26,34H,4-5,8-9,12-13H2,1H3,(H,32,36)(H,38,39)/t21-,23-,25+,26-/m0/s1. The van der Waals surface area contributed by atoms with Crippen molar-refractivity contribution in [2.45, 2.75) is 56.1 Å². The van der Waals surface area contributed by atoms with Gasteiger partial charge in [-0.2, -0.15) is 0 Å². The van der Waals surface area contributed by atoms with Crippen molar-refractivity contribution in [1.82, 2.24) is 19.9 Å². The van der Waals surface area contributed by atoms with Crippen molar-refractivity contribution in [1.29, 1.82) is 0 Å². The van der Waals surface area contributed by atoms with Crippen LogP contribution in [0.25, 0.3) is 0 Å². The van der Waals surface area contributed by atoms with Gasteiger partial charge in [0.25, 0.3) is 5.91 Å². The van der Waals surface area contributed by atoms with Crippen LogP contribution in [-0.4, -0.2) is 66.1 Å². The number of aromatic nitrogens is 1. The Morgan fingerprint density at radius 2 is 1.86 bits per heavy atom. The van der Waals surface area contributed by atoms with Crippen LogP contribution in [0.15, 0.2) is 47.8 Å². The molecule has 1 saturated carbocycles. The second-order valence-corrected chi connectivity index (χ2v) is 14.3. The van der Waals surface area contributed by atoms with Crippen LogP contribution in [0.2, 0.25) is 10.0 Å². The number of aromatic carboxylic acids is 1. The maximum atomic E-state index is 14.3. The van der Waals surface area contributed by atoms with Gasteiger partial charge in [-0.15, -0.1) is 11.3 Å². The fourth-order valence-electron chi connectivity index (χ4n) is 6.05. The molecule has 0 bridgehead atoms. The van der Waals surface area contributed by atoms with Gasteiger partial charge in [-0.05, 0) is 42.2 Å².